The third kappa shape index (κ3) is 5.92. The van der Waals surface area contributed by atoms with Crippen LogP contribution in [-0.2, 0) is 4.74 Å². The number of nitrogens with one attached hydrogen (secondary N) is 2. The van der Waals surface area contributed by atoms with Gasteiger partial charge in [0.2, 0.25) is 0 Å². The molecule has 0 spiro atoms. The zero-order chi connectivity index (χ0) is 25.7. The molecule has 190 valence electrons. The van der Waals surface area contributed by atoms with E-state index >= 15 is 0 Å². The van der Waals surface area contributed by atoms with Crippen molar-refractivity contribution in [2.75, 3.05) is 48.4 Å². The Balaban J connectivity index is 1.66. The largest absolute Gasteiger partial charge is 0.395 e. The topological polar surface area (TPSA) is 112 Å². The number of hydrogen-bond acceptors (Lipinski definition) is 8. The third-order valence-electron chi connectivity index (χ3n) is 5.81. The first kappa shape index (κ1) is 25.4. The number of morpholine rings is 1. The molecule has 1 fully saturated rings. The molecule has 1 unspecified atom stereocenters. The fraction of sp³-hybridized carbons (Fsp3) is 0.360. The lowest BCUT2D eigenvalue weighted by Gasteiger charge is -2.34. The molecule has 3 aromatic heterocycles. The fourth-order valence-corrected chi connectivity index (χ4v) is 3.97. The Labute approximate surface area is 207 Å². The number of nitrogens with zero attached hydrogens (tertiary/aromatic N) is 4. The summed E-state index contributed by atoms with van der Waals surface area (Å²) in [6.45, 7) is 6.10. The Kier molecular flexibility index (Phi) is 8.01. The Morgan fingerprint density at radius 3 is 2.86 bits per heavy atom. The number of aromatic nitrogens is 3. The van der Waals surface area contributed by atoms with Crippen molar-refractivity contribution in [1.82, 2.24) is 15.0 Å². The predicted molar refractivity (Wildman–Crippen MR) is 133 cm³/mol. The number of anilines is 3. The standard InChI is InChI=1S/C25H28F2N6O3/c1-15-14-36-8-6-33(15)23-11-18(10-22(32-23)29-5-7-34)20-12-19(13-30-16(20)2)31-25(35)17-3-4-28-21(9-17)24(26)27/h3-4,9-13,15,24,34H,5-8,14H2,1-2H3,(H,29,32)(H,31,35). The van der Waals surface area contributed by atoms with E-state index in [0.29, 0.717) is 37.8 Å². The van der Waals surface area contributed by atoms with Gasteiger partial charge in [0.15, 0.2) is 0 Å². The van der Waals surface area contributed by atoms with Crippen LogP contribution < -0.4 is 15.5 Å². The van der Waals surface area contributed by atoms with Gasteiger partial charge in [0.25, 0.3) is 12.3 Å². The summed E-state index contributed by atoms with van der Waals surface area (Å²) in [5.74, 6) is 0.813. The first-order valence-electron chi connectivity index (χ1n) is 11.6. The highest BCUT2D eigenvalue weighted by molar-refractivity contribution is 6.04. The van der Waals surface area contributed by atoms with Crippen molar-refractivity contribution in [3.8, 4) is 11.1 Å². The van der Waals surface area contributed by atoms with Crippen LogP contribution in [-0.4, -0.2) is 64.9 Å². The maximum atomic E-state index is 13.0. The van der Waals surface area contributed by atoms with E-state index in [2.05, 4.69) is 32.4 Å². The minimum absolute atomic E-state index is 0.0421. The van der Waals surface area contributed by atoms with Crippen LogP contribution in [0.3, 0.4) is 0 Å². The number of hydrogen-bond donors (Lipinski definition) is 3. The van der Waals surface area contributed by atoms with Gasteiger partial charge in [0, 0.05) is 36.1 Å². The first-order chi connectivity index (χ1) is 17.4. The predicted octanol–water partition coefficient (Wildman–Crippen LogP) is 3.67. The number of alkyl halides is 2. The zero-order valence-corrected chi connectivity index (χ0v) is 20.0. The fourth-order valence-electron chi connectivity index (χ4n) is 3.97. The van der Waals surface area contributed by atoms with E-state index < -0.39 is 18.0 Å². The van der Waals surface area contributed by atoms with E-state index in [4.69, 9.17) is 9.72 Å². The summed E-state index contributed by atoms with van der Waals surface area (Å²) in [5, 5.41) is 15.1. The van der Waals surface area contributed by atoms with Crippen molar-refractivity contribution >= 4 is 23.2 Å². The van der Waals surface area contributed by atoms with Gasteiger partial charge >= 0.3 is 0 Å². The van der Waals surface area contributed by atoms with E-state index in [1.165, 1.54) is 18.5 Å². The highest BCUT2D eigenvalue weighted by Gasteiger charge is 2.22. The van der Waals surface area contributed by atoms with E-state index in [1.807, 2.05) is 19.1 Å². The molecule has 0 aromatic carbocycles. The van der Waals surface area contributed by atoms with Crippen LogP contribution in [0.25, 0.3) is 11.1 Å². The molecule has 0 bridgehead atoms. The number of halogens is 2. The van der Waals surface area contributed by atoms with E-state index in [9.17, 15) is 18.7 Å². The summed E-state index contributed by atoms with van der Waals surface area (Å²) in [7, 11) is 0. The van der Waals surface area contributed by atoms with Crippen LogP contribution in [0.2, 0.25) is 0 Å². The molecule has 9 nitrogen and oxygen atoms in total. The molecule has 1 amide bonds. The van der Waals surface area contributed by atoms with Gasteiger partial charge in [0.1, 0.15) is 17.3 Å². The molecule has 3 N–H and O–H groups in total. The number of rotatable bonds is 8. The Hall–Kier alpha value is -3.70. The summed E-state index contributed by atoms with van der Waals surface area (Å²) in [4.78, 5) is 27.6. The summed E-state index contributed by atoms with van der Waals surface area (Å²) < 4.78 is 31.5. The average molecular weight is 499 g/mol. The molecule has 0 radical (unpaired) electrons. The van der Waals surface area contributed by atoms with Gasteiger partial charge in [-0.2, -0.15) is 0 Å². The highest BCUT2D eigenvalue weighted by Crippen LogP contribution is 2.31. The maximum absolute atomic E-state index is 13.0. The van der Waals surface area contributed by atoms with Gasteiger partial charge in [-0.05, 0) is 49.7 Å². The van der Waals surface area contributed by atoms with Gasteiger partial charge in [-0.25, -0.2) is 13.8 Å². The van der Waals surface area contributed by atoms with Gasteiger partial charge in [-0.3, -0.25) is 14.8 Å². The van der Waals surface area contributed by atoms with Crippen molar-refractivity contribution in [3.05, 3.63) is 59.7 Å². The molecule has 0 saturated carbocycles. The lowest BCUT2D eigenvalue weighted by atomic mass is 10.0. The molecule has 1 aliphatic rings. The number of ether oxygens (including phenoxy) is 1. The van der Waals surface area contributed by atoms with Crippen molar-refractivity contribution in [3.63, 3.8) is 0 Å². The highest BCUT2D eigenvalue weighted by atomic mass is 19.3. The molecule has 1 saturated heterocycles. The Bertz CT molecular complexity index is 1230. The number of aliphatic hydroxyl groups is 1. The number of amides is 1. The quantitative estimate of drug-likeness (QED) is 0.431. The maximum Gasteiger partial charge on any atom is 0.280 e. The monoisotopic (exact) mass is 498 g/mol. The van der Waals surface area contributed by atoms with Crippen LogP contribution in [0.15, 0.2) is 42.7 Å². The molecule has 0 aliphatic carbocycles. The number of carbonyl (C=O) groups is 1. The van der Waals surface area contributed by atoms with E-state index in [0.717, 1.165) is 28.7 Å². The molecular formula is C25H28F2N6O3. The van der Waals surface area contributed by atoms with Crippen molar-refractivity contribution in [2.45, 2.75) is 26.3 Å². The number of aryl methyl sites for hydroxylation is 1. The van der Waals surface area contributed by atoms with Crippen LogP contribution in [0.4, 0.5) is 26.1 Å². The van der Waals surface area contributed by atoms with Gasteiger partial charge < -0.3 is 25.4 Å². The van der Waals surface area contributed by atoms with E-state index in [-0.39, 0.29) is 18.2 Å². The lowest BCUT2D eigenvalue weighted by molar-refractivity contribution is 0.0985. The second-order valence-corrected chi connectivity index (χ2v) is 8.45. The van der Waals surface area contributed by atoms with Gasteiger partial charge in [0.05, 0.1) is 37.7 Å². The minimum Gasteiger partial charge on any atom is -0.395 e. The number of pyridine rings is 3. The van der Waals surface area contributed by atoms with Crippen LogP contribution in [0, 0.1) is 6.92 Å². The summed E-state index contributed by atoms with van der Waals surface area (Å²) in [6, 6.07) is 8.18. The van der Waals surface area contributed by atoms with Gasteiger partial charge in [-0.15, -0.1) is 0 Å². The van der Waals surface area contributed by atoms with Crippen LogP contribution in [0.1, 0.15) is 35.1 Å². The SMILES string of the molecule is Cc1ncc(NC(=O)c2ccnc(C(F)F)c2)cc1-c1cc(NCCO)nc(N2CCOCC2C)c1. The van der Waals surface area contributed by atoms with Crippen molar-refractivity contribution in [1.29, 1.82) is 0 Å². The summed E-state index contributed by atoms with van der Waals surface area (Å²) >= 11 is 0. The number of aliphatic hydroxyl groups excluding tert-OH is 1. The lowest BCUT2D eigenvalue weighted by Crippen LogP contribution is -2.44. The third-order valence-corrected chi connectivity index (χ3v) is 5.81. The first-order valence-corrected chi connectivity index (χ1v) is 11.6. The molecule has 3 aromatic rings. The Morgan fingerprint density at radius 1 is 1.28 bits per heavy atom. The summed E-state index contributed by atoms with van der Waals surface area (Å²) in [5.41, 5.74) is 2.35. The minimum atomic E-state index is -2.77. The van der Waals surface area contributed by atoms with Crippen molar-refractivity contribution < 1.29 is 23.4 Å². The molecule has 1 atom stereocenters. The average Bonchev–Trinajstić information content (AvgIpc) is 2.88. The normalized spacial score (nSPS) is 15.7. The molecule has 4 rings (SSSR count). The summed E-state index contributed by atoms with van der Waals surface area (Å²) in [6.07, 6.45) is -0.0707. The van der Waals surface area contributed by atoms with Crippen LogP contribution in [0.5, 0.6) is 0 Å². The molecule has 36 heavy (non-hydrogen) atoms. The van der Waals surface area contributed by atoms with Crippen molar-refractivity contribution in [2.24, 2.45) is 0 Å². The molecule has 4 heterocycles. The molecular weight excluding hydrogens is 470 g/mol. The number of carbonyl (C=O) groups excluding carboxylic acids is 1. The Morgan fingerprint density at radius 2 is 2.11 bits per heavy atom. The molecule has 11 heteroatoms. The second kappa shape index (κ2) is 11.4. The van der Waals surface area contributed by atoms with Gasteiger partial charge in [-0.1, -0.05) is 0 Å². The van der Waals surface area contributed by atoms with E-state index in [1.54, 1.807) is 6.07 Å². The zero-order valence-electron chi connectivity index (χ0n) is 20.0. The smallest absolute Gasteiger partial charge is 0.280 e. The van der Waals surface area contributed by atoms with Crippen LogP contribution >= 0.6 is 0 Å². The second-order valence-electron chi connectivity index (χ2n) is 8.45. The molecule has 1 aliphatic heterocycles.